The van der Waals surface area contributed by atoms with E-state index in [1.807, 2.05) is 0 Å². The quantitative estimate of drug-likeness (QED) is 0.322. The molecular formula is C10H18N2O4. The fourth-order valence-corrected chi connectivity index (χ4v) is 0. The molecule has 0 rings (SSSR count). The van der Waals surface area contributed by atoms with Crippen LogP contribution in [0, 0.1) is 5.41 Å². The van der Waals surface area contributed by atoms with E-state index in [4.69, 9.17) is 21.4 Å². The van der Waals surface area contributed by atoms with Crippen LogP contribution >= 0.6 is 0 Å². The maximum Gasteiger partial charge on any atom is 0.330 e. The molecular weight excluding hydrogens is 212 g/mol. The summed E-state index contributed by atoms with van der Waals surface area (Å²) in [5, 5.41) is 22.1. The molecule has 0 atom stereocenters. The average molecular weight is 230 g/mol. The summed E-state index contributed by atoms with van der Waals surface area (Å²) >= 11 is 0. The third-order valence-electron chi connectivity index (χ3n) is 0.730. The number of carboxylic acid groups (broad SMARTS) is 2. The minimum absolute atomic E-state index is 0.167. The van der Waals surface area contributed by atoms with Crippen LogP contribution in [0.25, 0.3) is 0 Å². The second kappa shape index (κ2) is 11.0. The third kappa shape index (κ3) is 40.6. The van der Waals surface area contributed by atoms with Gasteiger partial charge in [-0.1, -0.05) is 13.2 Å². The zero-order valence-corrected chi connectivity index (χ0v) is 9.70. The van der Waals surface area contributed by atoms with Gasteiger partial charge in [-0.2, -0.15) is 0 Å². The van der Waals surface area contributed by atoms with Crippen LogP contribution < -0.4 is 5.73 Å². The van der Waals surface area contributed by atoms with Gasteiger partial charge in [-0.25, -0.2) is 9.59 Å². The van der Waals surface area contributed by atoms with Crippen LogP contribution in [0.15, 0.2) is 24.3 Å². The molecule has 0 saturated carbocycles. The minimum Gasteiger partial charge on any atom is -0.478 e. The molecule has 5 N–H and O–H groups in total. The summed E-state index contributed by atoms with van der Waals surface area (Å²) in [5.74, 6) is -1.70. The van der Waals surface area contributed by atoms with Crippen molar-refractivity contribution in [1.82, 2.24) is 0 Å². The summed E-state index contributed by atoms with van der Waals surface area (Å²) in [6.07, 6.45) is 0. The number of amidine groups is 1. The molecule has 0 aliphatic rings. The van der Waals surface area contributed by atoms with Crippen molar-refractivity contribution in [2.24, 2.45) is 5.73 Å². The zero-order chi connectivity index (χ0) is 13.9. The Hall–Kier alpha value is -2.11. The topological polar surface area (TPSA) is 124 Å². The van der Waals surface area contributed by atoms with Crippen molar-refractivity contribution in [2.45, 2.75) is 20.8 Å². The van der Waals surface area contributed by atoms with Gasteiger partial charge in [-0.3, -0.25) is 5.41 Å². The molecule has 0 unspecified atom stereocenters. The number of nitrogens with two attached hydrogens (primary N) is 1. The molecule has 0 aliphatic carbocycles. The predicted molar refractivity (Wildman–Crippen MR) is 62.5 cm³/mol. The normalized spacial score (nSPS) is 7.19. The first-order valence-corrected chi connectivity index (χ1v) is 4.10. The van der Waals surface area contributed by atoms with Gasteiger partial charge in [-0.05, 0) is 20.8 Å². The first-order chi connectivity index (χ1) is 7.02. The predicted octanol–water partition coefficient (Wildman–Crippen LogP) is 1.24. The van der Waals surface area contributed by atoms with Crippen LogP contribution in [0.5, 0.6) is 0 Å². The lowest BCUT2D eigenvalue weighted by Gasteiger charge is -1.79. The van der Waals surface area contributed by atoms with Gasteiger partial charge < -0.3 is 15.9 Å². The molecule has 0 amide bonds. The van der Waals surface area contributed by atoms with Gasteiger partial charge in [0, 0.05) is 11.1 Å². The highest BCUT2D eigenvalue weighted by atomic mass is 16.4. The molecule has 0 radical (unpaired) electrons. The zero-order valence-electron chi connectivity index (χ0n) is 9.70. The van der Waals surface area contributed by atoms with E-state index < -0.39 is 11.9 Å². The van der Waals surface area contributed by atoms with E-state index >= 15 is 0 Å². The Morgan fingerprint density at radius 3 is 1.06 bits per heavy atom. The van der Waals surface area contributed by atoms with Crippen LogP contribution in [0.3, 0.4) is 0 Å². The Morgan fingerprint density at radius 1 is 1.00 bits per heavy atom. The number of hydrogen-bond acceptors (Lipinski definition) is 3. The Labute approximate surface area is 94.6 Å². The first-order valence-electron chi connectivity index (χ1n) is 4.10. The summed E-state index contributed by atoms with van der Waals surface area (Å²) in [7, 11) is 0. The van der Waals surface area contributed by atoms with Gasteiger partial charge in [-0.15, -0.1) is 0 Å². The highest BCUT2D eigenvalue weighted by Crippen LogP contribution is 1.81. The Morgan fingerprint density at radius 2 is 1.06 bits per heavy atom. The number of carboxylic acids is 2. The Bertz CT molecular complexity index is 243. The van der Waals surface area contributed by atoms with E-state index in [0.717, 1.165) is 0 Å². The monoisotopic (exact) mass is 230 g/mol. The van der Waals surface area contributed by atoms with E-state index in [0.29, 0.717) is 0 Å². The molecule has 0 aromatic heterocycles. The molecule has 16 heavy (non-hydrogen) atoms. The van der Waals surface area contributed by atoms with Crippen molar-refractivity contribution in [3.63, 3.8) is 0 Å². The van der Waals surface area contributed by atoms with Gasteiger partial charge in [0.2, 0.25) is 0 Å². The van der Waals surface area contributed by atoms with Crippen molar-refractivity contribution in [3.05, 3.63) is 24.3 Å². The summed E-state index contributed by atoms with van der Waals surface area (Å²) in [5.41, 5.74) is 5.05. The van der Waals surface area contributed by atoms with Crippen molar-refractivity contribution < 1.29 is 19.8 Å². The van der Waals surface area contributed by atoms with Crippen molar-refractivity contribution in [2.75, 3.05) is 0 Å². The van der Waals surface area contributed by atoms with E-state index in [1.165, 1.54) is 20.8 Å². The van der Waals surface area contributed by atoms with Crippen molar-refractivity contribution >= 4 is 17.8 Å². The van der Waals surface area contributed by atoms with Crippen LogP contribution in [0.1, 0.15) is 20.8 Å². The summed E-state index contributed by atoms with van der Waals surface area (Å²) in [6, 6.07) is 0. The molecule has 0 saturated heterocycles. The van der Waals surface area contributed by atoms with Crippen LogP contribution in [0.4, 0.5) is 0 Å². The lowest BCUT2D eigenvalue weighted by atomic mass is 10.4. The van der Waals surface area contributed by atoms with Crippen LogP contribution in [-0.2, 0) is 9.59 Å². The van der Waals surface area contributed by atoms with Gasteiger partial charge in [0.25, 0.3) is 0 Å². The number of aliphatic carboxylic acids is 2. The molecule has 0 aromatic carbocycles. The van der Waals surface area contributed by atoms with Crippen molar-refractivity contribution in [3.8, 4) is 0 Å². The smallest absolute Gasteiger partial charge is 0.330 e. The number of carbonyl (C=O) groups is 2. The maximum atomic E-state index is 9.60. The molecule has 6 heteroatoms. The maximum absolute atomic E-state index is 9.60. The van der Waals surface area contributed by atoms with E-state index in [2.05, 4.69) is 13.2 Å². The molecule has 0 spiro atoms. The van der Waals surface area contributed by atoms with Gasteiger partial charge in [0.1, 0.15) is 0 Å². The summed E-state index contributed by atoms with van der Waals surface area (Å²) < 4.78 is 0. The van der Waals surface area contributed by atoms with Crippen LogP contribution in [-0.4, -0.2) is 28.0 Å². The second-order valence-corrected chi connectivity index (χ2v) is 2.85. The van der Waals surface area contributed by atoms with E-state index in [9.17, 15) is 9.59 Å². The molecule has 0 fully saturated rings. The van der Waals surface area contributed by atoms with Gasteiger partial charge >= 0.3 is 11.9 Å². The van der Waals surface area contributed by atoms with E-state index in [-0.39, 0.29) is 17.0 Å². The lowest BCUT2D eigenvalue weighted by Crippen LogP contribution is -2.00. The van der Waals surface area contributed by atoms with Crippen molar-refractivity contribution in [1.29, 1.82) is 5.41 Å². The largest absolute Gasteiger partial charge is 0.478 e. The SMILES string of the molecule is C=C(C)C(=O)O.C=C(C)C(=O)O.CC(=N)N. The standard InChI is InChI=1S/2C4H6O2.C2H6N2/c2*1-3(2)4(5)6;1-2(3)4/h2*1H2,2H3,(H,5,6);1H3,(H3,3,4). The summed E-state index contributed by atoms with van der Waals surface area (Å²) in [4.78, 5) is 19.2. The van der Waals surface area contributed by atoms with E-state index in [1.54, 1.807) is 0 Å². The fourth-order valence-electron chi connectivity index (χ4n) is 0. The van der Waals surface area contributed by atoms with Crippen LogP contribution in [0.2, 0.25) is 0 Å². The van der Waals surface area contributed by atoms with Gasteiger partial charge in [0.05, 0.1) is 5.84 Å². The minimum atomic E-state index is -0.935. The second-order valence-electron chi connectivity index (χ2n) is 2.85. The number of hydrogen-bond donors (Lipinski definition) is 4. The third-order valence-corrected chi connectivity index (χ3v) is 0.730. The highest BCUT2D eigenvalue weighted by Gasteiger charge is 1.90. The Kier molecular flexibility index (Phi) is 13.3. The molecule has 0 aromatic rings. The first kappa shape index (κ1) is 19.5. The van der Waals surface area contributed by atoms with Gasteiger partial charge in [0.15, 0.2) is 0 Å². The highest BCUT2D eigenvalue weighted by molar-refractivity contribution is 5.85. The number of rotatable bonds is 2. The average Bonchev–Trinajstić information content (AvgIpc) is 2.03. The molecule has 0 aliphatic heterocycles. The molecule has 0 bridgehead atoms. The molecule has 0 heterocycles. The summed E-state index contributed by atoms with van der Waals surface area (Å²) in [6.45, 7) is 10.7. The molecule has 92 valence electrons. The lowest BCUT2D eigenvalue weighted by molar-refractivity contribution is -0.133. The molecule has 6 nitrogen and oxygen atoms in total. The fraction of sp³-hybridized carbons (Fsp3) is 0.300. The number of nitrogens with one attached hydrogen (secondary N) is 1. The Balaban J connectivity index is -0.000000162.